The van der Waals surface area contributed by atoms with Crippen molar-refractivity contribution in [2.45, 2.75) is 0 Å². The van der Waals surface area contributed by atoms with Gasteiger partial charge in [-0.3, -0.25) is 0 Å². The molecule has 2 aromatic carbocycles. The van der Waals surface area contributed by atoms with Crippen molar-refractivity contribution in [3.63, 3.8) is 0 Å². The van der Waals surface area contributed by atoms with Gasteiger partial charge in [0.15, 0.2) is 5.71 Å². The molecule has 0 aliphatic heterocycles. The number of nitrogens with zero attached hydrogens (tertiary/aromatic N) is 3. The van der Waals surface area contributed by atoms with Crippen LogP contribution in [0, 0.1) is 22.7 Å². The number of rotatable bonds is 3. The monoisotopic (exact) mass is 235 g/mol. The number of nitriles is 2. The summed E-state index contributed by atoms with van der Waals surface area (Å²) in [6.07, 6.45) is 0. The molecule has 2 rings (SSSR count). The number of oxime groups is 1. The Bertz CT molecular complexity index is 672. The van der Waals surface area contributed by atoms with Crippen molar-refractivity contribution in [2.24, 2.45) is 5.16 Å². The molecule has 0 saturated heterocycles. The third-order valence-electron chi connectivity index (χ3n) is 2.44. The van der Waals surface area contributed by atoms with E-state index in [2.05, 4.69) is 5.16 Å². The number of benzene rings is 2. The summed E-state index contributed by atoms with van der Waals surface area (Å²) >= 11 is 0. The molecule has 18 heavy (non-hydrogen) atoms. The van der Waals surface area contributed by atoms with Crippen molar-refractivity contribution in [1.82, 2.24) is 0 Å². The smallest absolute Gasteiger partial charge is 0.202 e. The van der Waals surface area contributed by atoms with E-state index < -0.39 is 0 Å². The minimum absolute atomic E-state index is 0.169. The van der Waals surface area contributed by atoms with Crippen molar-refractivity contribution < 1.29 is 4.84 Å². The fourth-order valence-electron chi connectivity index (χ4n) is 1.69. The standard InChI is InChI=1S/C14H9N3O/c15-8-9-18-17-14(10-16)13-7-3-5-11-4-1-2-6-12(11)13/h1-7H,9H2. The van der Waals surface area contributed by atoms with E-state index in [1.807, 2.05) is 42.5 Å². The maximum absolute atomic E-state index is 9.09. The molecule has 0 fully saturated rings. The van der Waals surface area contributed by atoms with Crippen LogP contribution in [0.3, 0.4) is 0 Å². The van der Waals surface area contributed by atoms with Crippen LogP contribution in [0.25, 0.3) is 10.8 Å². The van der Waals surface area contributed by atoms with Gasteiger partial charge < -0.3 is 4.84 Å². The maximum Gasteiger partial charge on any atom is 0.202 e. The average Bonchev–Trinajstić information content (AvgIpc) is 2.43. The number of hydrogen-bond donors (Lipinski definition) is 0. The van der Waals surface area contributed by atoms with Crippen molar-refractivity contribution in [3.8, 4) is 12.1 Å². The van der Waals surface area contributed by atoms with Gasteiger partial charge in [0.1, 0.15) is 12.1 Å². The topological polar surface area (TPSA) is 69.2 Å². The lowest BCUT2D eigenvalue weighted by Crippen LogP contribution is -2.00. The van der Waals surface area contributed by atoms with Crippen LogP contribution in [0.5, 0.6) is 0 Å². The van der Waals surface area contributed by atoms with E-state index in [4.69, 9.17) is 15.4 Å². The van der Waals surface area contributed by atoms with Crippen LogP contribution in [0.15, 0.2) is 47.6 Å². The van der Waals surface area contributed by atoms with Crippen molar-refractivity contribution in [1.29, 1.82) is 10.5 Å². The van der Waals surface area contributed by atoms with E-state index in [-0.39, 0.29) is 12.3 Å². The third kappa shape index (κ3) is 2.28. The number of hydrogen-bond acceptors (Lipinski definition) is 4. The minimum atomic E-state index is -0.171. The van der Waals surface area contributed by atoms with Gasteiger partial charge in [-0.15, -0.1) is 0 Å². The normalized spacial score (nSPS) is 10.7. The molecule has 86 valence electrons. The Balaban J connectivity index is 2.50. The lowest BCUT2D eigenvalue weighted by molar-refractivity contribution is 0.179. The van der Waals surface area contributed by atoms with Gasteiger partial charge in [-0.1, -0.05) is 47.6 Å². The summed E-state index contributed by atoms with van der Waals surface area (Å²) in [4.78, 5) is 4.74. The molecule has 0 aromatic heterocycles. The molecular formula is C14H9N3O. The van der Waals surface area contributed by atoms with Gasteiger partial charge in [0.25, 0.3) is 0 Å². The van der Waals surface area contributed by atoms with Gasteiger partial charge in [-0.2, -0.15) is 10.5 Å². The summed E-state index contributed by atoms with van der Waals surface area (Å²) in [5.74, 6) is 0. The van der Waals surface area contributed by atoms with Crippen molar-refractivity contribution in [3.05, 3.63) is 48.0 Å². The first-order valence-corrected chi connectivity index (χ1v) is 5.32. The number of fused-ring (bicyclic) bond motifs is 1. The summed E-state index contributed by atoms with van der Waals surface area (Å²) in [5, 5.41) is 23.1. The highest BCUT2D eigenvalue weighted by atomic mass is 16.6. The highest BCUT2D eigenvalue weighted by Gasteiger charge is 2.07. The molecule has 0 atom stereocenters. The van der Waals surface area contributed by atoms with Gasteiger partial charge in [0, 0.05) is 5.56 Å². The molecular weight excluding hydrogens is 226 g/mol. The van der Waals surface area contributed by atoms with E-state index in [9.17, 15) is 0 Å². The van der Waals surface area contributed by atoms with Crippen LogP contribution in [0.2, 0.25) is 0 Å². The van der Waals surface area contributed by atoms with Gasteiger partial charge in [-0.05, 0) is 10.8 Å². The lowest BCUT2D eigenvalue weighted by atomic mass is 10.0. The zero-order valence-corrected chi connectivity index (χ0v) is 9.50. The van der Waals surface area contributed by atoms with E-state index in [1.165, 1.54) is 0 Å². The largest absolute Gasteiger partial charge is 0.379 e. The predicted octanol–water partition coefficient (Wildman–Crippen LogP) is 2.61. The fourth-order valence-corrected chi connectivity index (χ4v) is 1.69. The summed E-state index contributed by atoms with van der Waals surface area (Å²) in [6.45, 7) is -0.171. The zero-order valence-electron chi connectivity index (χ0n) is 9.50. The van der Waals surface area contributed by atoms with Crippen LogP contribution in [-0.2, 0) is 4.84 Å². The van der Waals surface area contributed by atoms with Crippen LogP contribution < -0.4 is 0 Å². The Morgan fingerprint density at radius 2 is 1.89 bits per heavy atom. The molecule has 0 unspecified atom stereocenters. The second kappa shape index (κ2) is 5.47. The quantitative estimate of drug-likeness (QED) is 0.466. The second-order valence-electron chi connectivity index (χ2n) is 3.51. The Morgan fingerprint density at radius 3 is 2.67 bits per heavy atom. The van der Waals surface area contributed by atoms with Crippen LogP contribution in [0.4, 0.5) is 0 Å². The van der Waals surface area contributed by atoms with E-state index in [0.717, 1.165) is 10.8 Å². The summed E-state index contributed by atoms with van der Waals surface area (Å²) in [7, 11) is 0. The Hall–Kier alpha value is -2.85. The summed E-state index contributed by atoms with van der Waals surface area (Å²) in [6, 6.07) is 17.1. The van der Waals surface area contributed by atoms with Gasteiger partial charge in [-0.25, -0.2) is 0 Å². The Morgan fingerprint density at radius 1 is 1.11 bits per heavy atom. The van der Waals surface area contributed by atoms with Gasteiger partial charge in [0.05, 0.1) is 0 Å². The third-order valence-corrected chi connectivity index (χ3v) is 2.44. The van der Waals surface area contributed by atoms with Crippen molar-refractivity contribution in [2.75, 3.05) is 6.61 Å². The fraction of sp³-hybridized carbons (Fsp3) is 0.0714. The molecule has 2 aromatic rings. The predicted molar refractivity (Wildman–Crippen MR) is 67.7 cm³/mol. The molecule has 0 amide bonds. The van der Waals surface area contributed by atoms with Gasteiger partial charge in [0.2, 0.25) is 6.61 Å². The average molecular weight is 235 g/mol. The van der Waals surface area contributed by atoms with Crippen LogP contribution in [0.1, 0.15) is 5.56 Å². The SMILES string of the molecule is N#CCON=C(C#N)c1cccc2ccccc12. The summed E-state index contributed by atoms with van der Waals surface area (Å²) in [5.41, 5.74) is 0.871. The first kappa shape index (κ1) is 11.6. The minimum Gasteiger partial charge on any atom is -0.379 e. The molecule has 0 aliphatic carbocycles. The van der Waals surface area contributed by atoms with E-state index >= 15 is 0 Å². The molecule has 0 spiro atoms. The van der Waals surface area contributed by atoms with Crippen LogP contribution >= 0.6 is 0 Å². The molecule has 0 N–H and O–H groups in total. The van der Waals surface area contributed by atoms with Gasteiger partial charge >= 0.3 is 0 Å². The Labute approximate surface area is 104 Å². The zero-order chi connectivity index (χ0) is 12.8. The highest BCUT2D eigenvalue weighted by Crippen LogP contribution is 2.19. The second-order valence-corrected chi connectivity index (χ2v) is 3.51. The highest BCUT2D eigenvalue weighted by molar-refractivity contribution is 6.18. The Kier molecular flexibility index (Phi) is 3.53. The lowest BCUT2D eigenvalue weighted by Gasteiger charge is -2.03. The molecule has 4 heteroatoms. The summed E-state index contributed by atoms with van der Waals surface area (Å²) < 4.78 is 0. The van der Waals surface area contributed by atoms with Crippen molar-refractivity contribution >= 4 is 16.5 Å². The first-order valence-electron chi connectivity index (χ1n) is 5.32. The molecule has 0 heterocycles. The molecule has 0 radical (unpaired) electrons. The molecule has 0 saturated carbocycles. The first-order chi connectivity index (χ1) is 8.86. The molecule has 0 aliphatic rings. The maximum atomic E-state index is 9.09. The van der Waals surface area contributed by atoms with E-state index in [1.54, 1.807) is 12.1 Å². The molecule has 4 nitrogen and oxygen atoms in total. The van der Waals surface area contributed by atoms with E-state index in [0.29, 0.717) is 5.56 Å². The van der Waals surface area contributed by atoms with Crippen LogP contribution in [-0.4, -0.2) is 12.3 Å². The molecule has 0 bridgehead atoms.